The van der Waals surface area contributed by atoms with Gasteiger partial charge in [0.05, 0.1) is 16.4 Å². The fourth-order valence-corrected chi connectivity index (χ4v) is 10.7. The Kier molecular flexibility index (Phi) is 5.31. The van der Waals surface area contributed by atoms with Gasteiger partial charge < -0.3 is 9.47 Å². The Bertz CT molecular complexity index is 1380. The molecule has 1 aliphatic heterocycles. The Morgan fingerprint density at radius 2 is 1.70 bits per heavy atom. The van der Waals surface area contributed by atoms with Crippen molar-refractivity contribution in [2.24, 2.45) is 44.3 Å². The van der Waals surface area contributed by atoms with Crippen LogP contribution in [-0.4, -0.2) is 35.7 Å². The highest BCUT2D eigenvalue weighted by atomic mass is 16.6. The van der Waals surface area contributed by atoms with E-state index in [1.165, 1.54) is 6.92 Å². The molecular formula is C33H41NO6. The first-order valence-corrected chi connectivity index (χ1v) is 14.8. The highest BCUT2D eigenvalue weighted by Gasteiger charge is 2.82. The van der Waals surface area contributed by atoms with Crippen LogP contribution in [0.15, 0.2) is 23.3 Å². The van der Waals surface area contributed by atoms with Gasteiger partial charge in [0.25, 0.3) is 0 Å². The molecule has 4 fully saturated rings. The first-order valence-electron chi connectivity index (χ1n) is 14.8. The van der Waals surface area contributed by atoms with Crippen LogP contribution >= 0.6 is 0 Å². The van der Waals surface area contributed by atoms with Gasteiger partial charge >= 0.3 is 11.9 Å². The fraction of sp³-hybridized carbons (Fsp3) is 0.727. The normalized spacial score (nSPS) is 48.3. The van der Waals surface area contributed by atoms with Gasteiger partial charge in [0.1, 0.15) is 12.7 Å². The molecule has 1 spiro atoms. The zero-order valence-electron chi connectivity index (χ0n) is 24.9. The van der Waals surface area contributed by atoms with E-state index in [1.807, 2.05) is 6.92 Å². The molecule has 0 radical (unpaired) electrons. The summed E-state index contributed by atoms with van der Waals surface area (Å²) in [6.45, 7) is 13.8. The molecule has 0 aromatic heterocycles. The molecule has 0 aromatic carbocycles. The fourth-order valence-electron chi connectivity index (χ4n) is 10.7. The van der Waals surface area contributed by atoms with E-state index in [-0.39, 0.29) is 47.0 Å². The predicted octanol–water partition coefficient (Wildman–Crippen LogP) is 5.43. The SMILES string of the molecule is CC(=O)OC[C@]1(C)C(=O)C(C#N)=C[C@]2(C)C3=CC(=O)[C@]45OC(=O)[C@@]6(CCC(C)(C)CC64)CC[C@@]5(C)[C@]3(C)CC[C@H]21. The van der Waals surface area contributed by atoms with Crippen LogP contribution in [0, 0.1) is 55.7 Å². The van der Waals surface area contributed by atoms with Crippen molar-refractivity contribution in [3.8, 4) is 6.07 Å². The van der Waals surface area contributed by atoms with Gasteiger partial charge in [-0.2, -0.15) is 5.26 Å². The molecule has 3 saturated carbocycles. The molecule has 1 heterocycles. The number of nitrogens with zero attached hydrogens (tertiary/aromatic N) is 1. The number of fused-ring (bicyclic) bond motifs is 4. The molecule has 0 aromatic rings. The average molecular weight is 548 g/mol. The maximum atomic E-state index is 14.7. The van der Waals surface area contributed by atoms with Gasteiger partial charge in [0, 0.05) is 23.7 Å². The van der Waals surface area contributed by atoms with E-state index in [9.17, 15) is 24.4 Å². The minimum absolute atomic E-state index is 0.00883. The van der Waals surface area contributed by atoms with Crippen molar-refractivity contribution in [2.45, 2.75) is 99.0 Å². The number of ketones is 2. The van der Waals surface area contributed by atoms with Crippen molar-refractivity contribution < 1.29 is 28.7 Å². The number of allylic oxidation sites excluding steroid dienone is 3. The zero-order chi connectivity index (χ0) is 29.3. The summed E-state index contributed by atoms with van der Waals surface area (Å²) in [4.78, 5) is 53.8. The molecule has 6 rings (SSSR count). The number of rotatable bonds is 2. The summed E-state index contributed by atoms with van der Waals surface area (Å²) in [5, 5.41) is 10.0. The molecule has 8 atom stereocenters. The van der Waals surface area contributed by atoms with E-state index >= 15 is 0 Å². The standard InChI is InChI=1S/C33H41NO6/c1-19(35)39-18-29(5)21-8-9-30(6)22(28(21,4)15-20(17-34)25(29)37)14-24(36)33-23-16-27(2,3)10-12-32(23,26(38)40-33)13-11-31(30,33)7/h14-15,21,23H,8-13,16,18H2,1-7H3/t21-,23?,28+,29+,30-,31+,32+,33-/m1/s1. The van der Waals surface area contributed by atoms with Crippen molar-refractivity contribution in [3.05, 3.63) is 23.3 Å². The van der Waals surface area contributed by atoms with Gasteiger partial charge in [-0.3, -0.25) is 19.2 Å². The van der Waals surface area contributed by atoms with E-state index in [2.05, 4.69) is 33.8 Å². The first-order chi connectivity index (χ1) is 18.5. The molecule has 7 heteroatoms. The Hall–Kier alpha value is -2.75. The minimum atomic E-state index is -1.21. The smallest absolute Gasteiger partial charge is 0.313 e. The second kappa shape index (κ2) is 7.75. The molecule has 0 N–H and O–H groups in total. The van der Waals surface area contributed by atoms with Crippen molar-refractivity contribution in [2.75, 3.05) is 6.61 Å². The number of carbonyl (C=O) groups excluding carboxylic acids is 4. The lowest BCUT2D eigenvalue weighted by Gasteiger charge is -2.69. The number of hydrogen-bond donors (Lipinski definition) is 0. The molecule has 1 saturated heterocycles. The van der Waals surface area contributed by atoms with E-state index in [0.717, 1.165) is 24.8 Å². The quantitative estimate of drug-likeness (QED) is 0.424. The maximum absolute atomic E-state index is 14.7. The summed E-state index contributed by atoms with van der Waals surface area (Å²) in [5.41, 5.74) is -3.89. The van der Waals surface area contributed by atoms with Crippen LogP contribution in [-0.2, 0) is 28.7 Å². The lowest BCUT2D eigenvalue weighted by Crippen LogP contribution is -2.71. The van der Waals surface area contributed by atoms with Gasteiger partial charge in [-0.25, -0.2) is 0 Å². The van der Waals surface area contributed by atoms with Gasteiger partial charge in [0.2, 0.25) is 0 Å². The number of nitriles is 1. The number of esters is 2. The lowest BCUT2D eigenvalue weighted by atomic mass is 9.33. The molecule has 7 nitrogen and oxygen atoms in total. The second-order valence-electron chi connectivity index (χ2n) is 15.4. The van der Waals surface area contributed by atoms with Crippen molar-refractivity contribution in [1.82, 2.24) is 0 Å². The summed E-state index contributed by atoms with van der Waals surface area (Å²) in [7, 11) is 0. The third-order valence-electron chi connectivity index (χ3n) is 13.1. The largest absolute Gasteiger partial charge is 0.465 e. The summed E-state index contributed by atoms with van der Waals surface area (Å²) >= 11 is 0. The van der Waals surface area contributed by atoms with Gasteiger partial charge in [-0.15, -0.1) is 0 Å². The zero-order valence-corrected chi connectivity index (χ0v) is 24.9. The third-order valence-corrected chi connectivity index (χ3v) is 13.1. The molecular weight excluding hydrogens is 506 g/mol. The molecule has 6 aliphatic rings. The van der Waals surface area contributed by atoms with Gasteiger partial charge in [-0.05, 0) is 80.3 Å². The monoisotopic (exact) mass is 547 g/mol. The highest BCUT2D eigenvalue weighted by molar-refractivity contribution is 6.07. The van der Waals surface area contributed by atoms with Crippen molar-refractivity contribution in [3.63, 3.8) is 0 Å². The van der Waals surface area contributed by atoms with Crippen molar-refractivity contribution >= 4 is 23.5 Å². The average Bonchev–Trinajstić information content (AvgIpc) is 3.06. The molecule has 0 amide bonds. The van der Waals surface area contributed by atoms with E-state index in [1.54, 1.807) is 19.1 Å². The third kappa shape index (κ3) is 2.86. The van der Waals surface area contributed by atoms with E-state index < -0.39 is 38.6 Å². The van der Waals surface area contributed by atoms with Crippen LogP contribution in [0.25, 0.3) is 0 Å². The number of hydrogen-bond acceptors (Lipinski definition) is 7. The van der Waals surface area contributed by atoms with Gasteiger partial charge in [0.15, 0.2) is 17.2 Å². The number of ether oxygens (including phenoxy) is 2. The minimum Gasteiger partial charge on any atom is -0.465 e. The highest BCUT2D eigenvalue weighted by Crippen LogP contribution is 2.78. The van der Waals surface area contributed by atoms with Crippen LogP contribution in [0.5, 0.6) is 0 Å². The summed E-state index contributed by atoms with van der Waals surface area (Å²) < 4.78 is 11.9. The molecule has 1 unspecified atom stereocenters. The Morgan fingerprint density at radius 1 is 1.02 bits per heavy atom. The molecule has 214 valence electrons. The molecule has 5 aliphatic carbocycles. The molecule has 2 bridgehead atoms. The van der Waals surface area contributed by atoms with Crippen LogP contribution in [0.3, 0.4) is 0 Å². The Labute approximate surface area is 236 Å². The Balaban J connectivity index is 1.56. The van der Waals surface area contributed by atoms with Crippen LogP contribution in [0.2, 0.25) is 0 Å². The summed E-state index contributed by atoms with van der Waals surface area (Å²) in [6.07, 6.45) is 8.73. The van der Waals surface area contributed by atoms with Gasteiger partial charge in [-0.1, -0.05) is 40.7 Å². The van der Waals surface area contributed by atoms with Crippen LogP contribution in [0.1, 0.15) is 93.4 Å². The van der Waals surface area contributed by atoms with E-state index in [0.29, 0.717) is 25.7 Å². The topological polar surface area (TPSA) is 111 Å². The van der Waals surface area contributed by atoms with Crippen LogP contribution < -0.4 is 0 Å². The summed E-state index contributed by atoms with van der Waals surface area (Å²) in [5.74, 6) is -1.58. The second-order valence-corrected chi connectivity index (χ2v) is 15.4. The predicted molar refractivity (Wildman–Crippen MR) is 145 cm³/mol. The first kappa shape index (κ1) is 27.4. The summed E-state index contributed by atoms with van der Waals surface area (Å²) in [6, 6.07) is 2.11. The lowest BCUT2D eigenvalue weighted by molar-refractivity contribution is -0.207. The van der Waals surface area contributed by atoms with Crippen molar-refractivity contribution in [1.29, 1.82) is 5.26 Å². The number of Topliss-reactive ketones (excluding diaryl/α,β-unsaturated/α-hetero) is 1. The van der Waals surface area contributed by atoms with Crippen LogP contribution in [0.4, 0.5) is 0 Å². The Morgan fingerprint density at radius 3 is 2.35 bits per heavy atom. The molecule has 40 heavy (non-hydrogen) atoms. The maximum Gasteiger partial charge on any atom is 0.313 e. The number of carbonyl (C=O) groups is 4. The van der Waals surface area contributed by atoms with E-state index in [4.69, 9.17) is 9.47 Å².